The van der Waals surface area contributed by atoms with Crippen molar-refractivity contribution in [2.24, 2.45) is 11.7 Å². The van der Waals surface area contributed by atoms with Crippen LogP contribution < -0.4 is 21.1 Å². The maximum Gasteiger partial charge on any atom is 0.262 e. The highest BCUT2D eigenvalue weighted by molar-refractivity contribution is 6.35. The molecule has 1 fully saturated rings. The lowest BCUT2D eigenvalue weighted by molar-refractivity contribution is -0.119. The largest absolute Gasteiger partial charge is 0.482 e. The van der Waals surface area contributed by atoms with Crippen molar-refractivity contribution in [1.82, 2.24) is 5.32 Å². The van der Waals surface area contributed by atoms with Gasteiger partial charge in [0.05, 0.1) is 16.3 Å². The summed E-state index contributed by atoms with van der Waals surface area (Å²) >= 11 is 6.25. The van der Waals surface area contributed by atoms with Crippen molar-refractivity contribution in [2.75, 3.05) is 11.9 Å². The number of hydrogen-bond acceptors (Lipinski definition) is 5. The summed E-state index contributed by atoms with van der Waals surface area (Å²) in [6, 6.07) is 6.96. The fraction of sp³-hybridized carbons (Fsp3) is 0.348. The summed E-state index contributed by atoms with van der Waals surface area (Å²) in [5, 5.41) is 5.93. The van der Waals surface area contributed by atoms with Gasteiger partial charge in [0.1, 0.15) is 11.6 Å². The summed E-state index contributed by atoms with van der Waals surface area (Å²) < 4.78 is 21.0. The second kappa shape index (κ2) is 8.88. The highest BCUT2D eigenvalue weighted by Gasteiger charge is 2.36. The van der Waals surface area contributed by atoms with Gasteiger partial charge >= 0.3 is 0 Å². The molecule has 9 heteroatoms. The Bertz CT molecular complexity index is 1100. The Hall–Kier alpha value is -2.97. The number of amides is 2. The standard InChI is InChI=1S/C23H23ClFN3O4/c1-11(8-18(26)29)27-22(12-2-3-12)14-5-6-15(24)20(21(14)25)23(31)13-4-7-16-17(9-13)32-10-19(30)28-16/h4-7,9,11-12,22,27H,2-3,8,10H2,1H3,(H2,26,29)(H,28,30)/t11-,22?/m0/s1. The smallest absolute Gasteiger partial charge is 0.262 e. The van der Waals surface area contributed by atoms with Crippen LogP contribution in [0.4, 0.5) is 10.1 Å². The molecule has 4 rings (SSSR count). The monoisotopic (exact) mass is 459 g/mol. The summed E-state index contributed by atoms with van der Waals surface area (Å²) in [5.74, 6) is -1.48. The number of carbonyl (C=O) groups is 3. The zero-order chi connectivity index (χ0) is 23.0. The predicted molar refractivity (Wildman–Crippen MR) is 117 cm³/mol. The summed E-state index contributed by atoms with van der Waals surface area (Å²) in [6.07, 6.45) is 1.95. The average molecular weight is 460 g/mol. The molecule has 0 spiro atoms. The van der Waals surface area contributed by atoms with Crippen molar-refractivity contribution < 1.29 is 23.5 Å². The predicted octanol–water partition coefficient (Wildman–Crippen LogP) is 3.35. The van der Waals surface area contributed by atoms with Gasteiger partial charge in [-0.3, -0.25) is 14.4 Å². The summed E-state index contributed by atoms with van der Waals surface area (Å²) in [5.41, 5.74) is 6.03. The molecule has 2 aromatic rings. The molecule has 1 heterocycles. The molecule has 7 nitrogen and oxygen atoms in total. The van der Waals surface area contributed by atoms with Gasteiger partial charge in [0.15, 0.2) is 12.4 Å². The molecule has 0 aromatic heterocycles. The van der Waals surface area contributed by atoms with E-state index in [-0.39, 0.29) is 53.1 Å². The molecule has 1 aliphatic carbocycles. The molecule has 0 bridgehead atoms. The quantitative estimate of drug-likeness (QED) is 0.524. The lowest BCUT2D eigenvalue weighted by Gasteiger charge is -2.24. The number of nitrogens with two attached hydrogens (primary N) is 1. The third-order valence-corrected chi connectivity index (χ3v) is 5.94. The SMILES string of the molecule is C[C@@H](CC(N)=O)NC(c1ccc(Cl)c(C(=O)c2ccc3c(c2)OCC(=O)N3)c1F)C1CC1. The van der Waals surface area contributed by atoms with E-state index in [1.807, 2.05) is 6.92 Å². The van der Waals surface area contributed by atoms with Gasteiger partial charge in [-0.1, -0.05) is 17.7 Å². The third kappa shape index (κ3) is 4.61. The Morgan fingerprint density at radius 3 is 2.75 bits per heavy atom. The highest BCUT2D eigenvalue weighted by atomic mass is 35.5. The molecule has 2 aliphatic rings. The molecule has 2 amide bonds. The van der Waals surface area contributed by atoms with E-state index in [0.717, 1.165) is 12.8 Å². The number of carbonyl (C=O) groups excluding carboxylic acids is 3. The van der Waals surface area contributed by atoms with Crippen LogP contribution in [0.2, 0.25) is 5.02 Å². The lowest BCUT2D eigenvalue weighted by atomic mass is 9.94. The van der Waals surface area contributed by atoms with Crippen molar-refractivity contribution in [1.29, 1.82) is 0 Å². The minimum atomic E-state index is -0.690. The van der Waals surface area contributed by atoms with E-state index in [9.17, 15) is 14.4 Å². The van der Waals surface area contributed by atoms with E-state index in [4.69, 9.17) is 22.1 Å². The number of primary amides is 1. The number of ketones is 1. The number of fused-ring (bicyclic) bond motifs is 1. The summed E-state index contributed by atoms with van der Waals surface area (Å²) in [6.45, 7) is 1.65. The minimum absolute atomic E-state index is 0.00271. The van der Waals surface area contributed by atoms with E-state index in [1.165, 1.54) is 24.3 Å². The zero-order valence-corrected chi connectivity index (χ0v) is 18.2. The van der Waals surface area contributed by atoms with Crippen molar-refractivity contribution in [3.8, 4) is 5.75 Å². The van der Waals surface area contributed by atoms with Gasteiger partial charge in [-0.25, -0.2) is 4.39 Å². The van der Waals surface area contributed by atoms with Gasteiger partial charge in [-0.15, -0.1) is 0 Å². The van der Waals surface area contributed by atoms with Gasteiger partial charge in [0.25, 0.3) is 5.91 Å². The summed E-state index contributed by atoms with van der Waals surface area (Å²) in [7, 11) is 0. The first-order valence-electron chi connectivity index (χ1n) is 10.4. The van der Waals surface area contributed by atoms with E-state index in [2.05, 4.69) is 10.6 Å². The molecule has 0 radical (unpaired) electrons. The Kier molecular flexibility index (Phi) is 6.17. The molecule has 4 N–H and O–H groups in total. The molecule has 2 atom stereocenters. The molecule has 1 unspecified atom stereocenters. The normalized spacial score (nSPS) is 17.0. The van der Waals surface area contributed by atoms with Crippen LogP contribution in [0.1, 0.15) is 53.7 Å². The first-order valence-corrected chi connectivity index (χ1v) is 10.8. The Morgan fingerprint density at radius 2 is 2.06 bits per heavy atom. The van der Waals surface area contributed by atoms with Crippen molar-refractivity contribution >= 4 is 34.9 Å². The van der Waals surface area contributed by atoms with Gasteiger partial charge in [0, 0.05) is 29.6 Å². The lowest BCUT2D eigenvalue weighted by Crippen LogP contribution is -2.35. The van der Waals surface area contributed by atoms with Gasteiger partial charge in [-0.05, 0) is 49.9 Å². The summed E-state index contributed by atoms with van der Waals surface area (Å²) in [4.78, 5) is 35.9. The first kappa shape index (κ1) is 22.2. The second-order valence-corrected chi connectivity index (χ2v) is 8.66. The number of ether oxygens (including phenoxy) is 1. The van der Waals surface area contributed by atoms with Crippen molar-refractivity contribution in [3.63, 3.8) is 0 Å². The second-order valence-electron chi connectivity index (χ2n) is 8.26. The Balaban J connectivity index is 1.66. The van der Waals surface area contributed by atoms with Crippen LogP contribution in [0.5, 0.6) is 5.75 Å². The fourth-order valence-corrected chi connectivity index (χ4v) is 4.19. The number of rotatable bonds is 8. The number of halogens is 2. The highest BCUT2D eigenvalue weighted by Crippen LogP contribution is 2.43. The van der Waals surface area contributed by atoms with E-state index in [1.54, 1.807) is 6.07 Å². The van der Waals surface area contributed by atoms with Crippen LogP contribution in [0.15, 0.2) is 30.3 Å². The number of hydrogen-bond donors (Lipinski definition) is 3. The molecular formula is C23H23ClFN3O4. The van der Waals surface area contributed by atoms with Crippen molar-refractivity contribution in [2.45, 2.75) is 38.3 Å². The van der Waals surface area contributed by atoms with Crippen LogP contribution in [0.25, 0.3) is 0 Å². The van der Waals surface area contributed by atoms with E-state index < -0.39 is 17.5 Å². The molecule has 168 valence electrons. The van der Waals surface area contributed by atoms with Crippen molar-refractivity contribution in [3.05, 3.63) is 57.9 Å². The average Bonchev–Trinajstić information content (AvgIpc) is 3.57. The maximum absolute atomic E-state index is 15.7. The molecular weight excluding hydrogens is 437 g/mol. The van der Waals surface area contributed by atoms with Gasteiger partial charge < -0.3 is 21.1 Å². The van der Waals surface area contributed by atoms with Gasteiger partial charge in [0.2, 0.25) is 5.91 Å². The van der Waals surface area contributed by atoms with Crippen LogP contribution in [0.3, 0.4) is 0 Å². The maximum atomic E-state index is 15.7. The Morgan fingerprint density at radius 1 is 1.31 bits per heavy atom. The molecule has 2 aromatic carbocycles. The number of nitrogens with one attached hydrogen (secondary N) is 2. The minimum Gasteiger partial charge on any atom is -0.482 e. The van der Waals surface area contributed by atoms with E-state index >= 15 is 4.39 Å². The van der Waals surface area contributed by atoms with Crippen LogP contribution in [-0.2, 0) is 9.59 Å². The number of anilines is 1. The van der Waals surface area contributed by atoms with Crippen LogP contribution in [0, 0.1) is 11.7 Å². The third-order valence-electron chi connectivity index (χ3n) is 5.62. The fourth-order valence-electron chi connectivity index (χ4n) is 3.95. The number of benzene rings is 2. The van der Waals surface area contributed by atoms with Gasteiger partial charge in [-0.2, -0.15) is 0 Å². The molecule has 32 heavy (non-hydrogen) atoms. The van der Waals surface area contributed by atoms with E-state index in [0.29, 0.717) is 17.0 Å². The molecule has 1 saturated carbocycles. The zero-order valence-electron chi connectivity index (χ0n) is 17.4. The first-order chi connectivity index (χ1) is 15.2. The van der Waals surface area contributed by atoms with Crippen LogP contribution in [-0.4, -0.2) is 30.2 Å². The topological polar surface area (TPSA) is 111 Å². The Labute approximate surface area is 189 Å². The molecule has 1 aliphatic heterocycles. The molecule has 0 saturated heterocycles. The van der Waals surface area contributed by atoms with Crippen LogP contribution >= 0.6 is 11.6 Å².